The molecule has 5 heteroatoms. The van der Waals surface area contributed by atoms with Crippen LogP contribution in [0.1, 0.15) is 44.3 Å². The van der Waals surface area contributed by atoms with E-state index < -0.39 is 5.54 Å². The Labute approximate surface area is 102 Å². The number of hydrogen-bond donors (Lipinski definition) is 1. The molecule has 0 spiro atoms. The largest absolute Gasteiger partial charge is 0.382 e. The second kappa shape index (κ2) is 5.14. The van der Waals surface area contributed by atoms with Crippen LogP contribution in [-0.4, -0.2) is 23.9 Å². The first-order valence-electron chi connectivity index (χ1n) is 6.22. The van der Waals surface area contributed by atoms with Crippen LogP contribution in [0, 0.1) is 5.92 Å². The molecule has 1 fully saturated rings. The van der Waals surface area contributed by atoms with Crippen LogP contribution >= 0.6 is 0 Å². The second-order valence-corrected chi connectivity index (χ2v) is 5.22. The summed E-state index contributed by atoms with van der Waals surface area (Å²) in [4.78, 5) is 4.38. The molecule has 1 aromatic rings. The van der Waals surface area contributed by atoms with E-state index in [-0.39, 0.29) is 0 Å². The van der Waals surface area contributed by atoms with Gasteiger partial charge in [-0.15, -0.1) is 0 Å². The van der Waals surface area contributed by atoms with E-state index in [0.29, 0.717) is 24.2 Å². The van der Waals surface area contributed by atoms with Gasteiger partial charge in [0.1, 0.15) is 5.54 Å². The van der Waals surface area contributed by atoms with Crippen LogP contribution in [0.25, 0.3) is 0 Å². The van der Waals surface area contributed by atoms with Crippen molar-refractivity contribution >= 4 is 0 Å². The van der Waals surface area contributed by atoms with Crippen LogP contribution in [0.15, 0.2) is 4.52 Å². The normalized spacial score (nSPS) is 20.6. The number of nitrogens with two attached hydrogens (primary N) is 1. The molecule has 0 aromatic carbocycles. The number of nitrogens with zero attached hydrogens (tertiary/aromatic N) is 2. The average molecular weight is 239 g/mol. The number of rotatable bonds is 5. The Morgan fingerprint density at radius 1 is 1.47 bits per heavy atom. The van der Waals surface area contributed by atoms with Crippen LogP contribution in [-0.2, 0) is 16.7 Å². The summed E-state index contributed by atoms with van der Waals surface area (Å²) in [6, 6.07) is 0. The van der Waals surface area contributed by atoms with E-state index in [4.69, 9.17) is 15.0 Å². The molecule has 1 aromatic heterocycles. The van der Waals surface area contributed by atoms with Gasteiger partial charge < -0.3 is 15.0 Å². The van der Waals surface area contributed by atoms with Crippen molar-refractivity contribution < 1.29 is 9.26 Å². The maximum atomic E-state index is 6.06. The fourth-order valence-corrected chi connectivity index (χ4v) is 2.40. The third kappa shape index (κ3) is 3.04. The maximum absolute atomic E-state index is 6.06. The fourth-order valence-electron chi connectivity index (χ4n) is 2.40. The van der Waals surface area contributed by atoms with Crippen LogP contribution in [0.5, 0.6) is 0 Å². The van der Waals surface area contributed by atoms with E-state index in [1.165, 1.54) is 25.7 Å². The van der Waals surface area contributed by atoms with Gasteiger partial charge in [0, 0.05) is 13.5 Å². The molecule has 1 unspecified atom stereocenters. The molecule has 17 heavy (non-hydrogen) atoms. The van der Waals surface area contributed by atoms with Gasteiger partial charge in [-0.3, -0.25) is 0 Å². The first kappa shape index (κ1) is 12.5. The van der Waals surface area contributed by atoms with Gasteiger partial charge in [0.2, 0.25) is 5.89 Å². The molecule has 2 rings (SSSR count). The lowest BCUT2D eigenvalue weighted by molar-refractivity contribution is 0.135. The van der Waals surface area contributed by atoms with Gasteiger partial charge >= 0.3 is 0 Å². The summed E-state index contributed by atoms with van der Waals surface area (Å²) in [5.41, 5.74) is 5.39. The molecule has 0 aliphatic heterocycles. The lowest BCUT2D eigenvalue weighted by atomic mass is 10.0. The van der Waals surface area contributed by atoms with E-state index in [1.54, 1.807) is 7.11 Å². The van der Waals surface area contributed by atoms with E-state index in [1.807, 2.05) is 6.92 Å². The maximum Gasteiger partial charge on any atom is 0.226 e. The first-order valence-corrected chi connectivity index (χ1v) is 6.22. The van der Waals surface area contributed by atoms with Gasteiger partial charge in [-0.05, 0) is 25.7 Å². The topological polar surface area (TPSA) is 74.2 Å². The van der Waals surface area contributed by atoms with Gasteiger partial charge in [-0.1, -0.05) is 18.0 Å². The van der Waals surface area contributed by atoms with Crippen LogP contribution in [0.4, 0.5) is 0 Å². The van der Waals surface area contributed by atoms with Crippen molar-refractivity contribution in [3.63, 3.8) is 0 Å². The summed E-state index contributed by atoms with van der Waals surface area (Å²) in [7, 11) is 1.62. The van der Waals surface area contributed by atoms with Crippen molar-refractivity contribution in [2.45, 2.75) is 44.6 Å². The summed E-state index contributed by atoms with van der Waals surface area (Å²) in [5.74, 6) is 1.95. The van der Waals surface area contributed by atoms with Crippen molar-refractivity contribution in [3.05, 3.63) is 11.7 Å². The van der Waals surface area contributed by atoms with Crippen LogP contribution in [0.2, 0.25) is 0 Å². The zero-order chi connectivity index (χ0) is 12.3. The molecule has 1 atom stereocenters. The molecule has 2 N–H and O–H groups in total. The van der Waals surface area contributed by atoms with E-state index in [9.17, 15) is 0 Å². The Morgan fingerprint density at radius 2 is 2.18 bits per heavy atom. The zero-order valence-corrected chi connectivity index (χ0v) is 10.6. The summed E-state index contributed by atoms with van der Waals surface area (Å²) < 4.78 is 10.3. The number of hydrogen-bond acceptors (Lipinski definition) is 5. The Bertz CT molecular complexity index is 356. The average Bonchev–Trinajstić information content (AvgIpc) is 2.89. The molecular weight excluding hydrogens is 218 g/mol. The lowest BCUT2D eigenvalue weighted by Gasteiger charge is -2.18. The van der Waals surface area contributed by atoms with Crippen molar-refractivity contribution in [1.82, 2.24) is 10.1 Å². The van der Waals surface area contributed by atoms with E-state index >= 15 is 0 Å². The van der Waals surface area contributed by atoms with Crippen molar-refractivity contribution in [1.29, 1.82) is 0 Å². The quantitative estimate of drug-likeness (QED) is 0.845. The van der Waals surface area contributed by atoms with Gasteiger partial charge in [0.05, 0.1) is 6.61 Å². The molecule has 1 heterocycles. The lowest BCUT2D eigenvalue weighted by Crippen LogP contribution is -2.39. The smallest absolute Gasteiger partial charge is 0.226 e. The second-order valence-electron chi connectivity index (χ2n) is 5.22. The van der Waals surface area contributed by atoms with Crippen molar-refractivity contribution in [3.8, 4) is 0 Å². The molecule has 0 saturated heterocycles. The molecule has 1 aliphatic carbocycles. The highest BCUT2D eigenvalue weighted by molar-refractivity contribution is 5.02. The molecule has 0 radical (unpaired) electrons. The molecule has 0 amide bonds. The van der Waals surface area contributed by atoms with Gasteiger partial charge in [-0.25, -0.2) is 0 Å². The highest BCUT2D eigenvalue weighted by Gasteiger charge is 2.28. The summed E-state index contributed by atoms with van der Waals surface area (Å²) in [6.45, 7) is 2.23. The van der Waals surface area contributed by atoms with Crippen molar-refractivity contribution in [2.24, 2.45) is 11.7 Å². The van der Waals surface area contributed by atoms with E-state index in [2.05, 4.69) is 10.1 Å². The number of ether oxygens (including phenoxy) is 1. The third-order valence-corrected chi connectivity index (χ3v) is 3.36. The minimum absolute atomic E-state index is 0.384. The first-order chi connectivity index (χ1) is 8.12. The van der Waals surface area contributed by atoms with Gasteiger partial charge in [-0.2, -0.15) is 4.98 Å². The Morgan fingerprint density at radius 3 is 2.82 bits per heavy atom. The number of aromatic nitrogens is 2. The predicted octanol–water partition coefficient (Wildman–Crippen LogP) is 1.62. The Balaban J connectivity index is 1.99. The predicted molar refractivity (Wildman–Crippen MR) is 63.4 cm³/mol. The minimum atomic E-state index is -0.674. The SMILES string of the molecule is COCC(C)(N)c1noc(CC2CCCC2)n1. The van der Waals surface area contributed by atoms with Crippen LogP contribution < -0.4 is 5.73 Å². The molecule has 5 nitrogen and oxygen atoms in total. The molecule has 1 saturated carbocycles. The Hall–Kier alpha value is -0.940. The van der Waals surface area contributed by atoms with Gasteiger partial charge in [0.25, 0.3) is 0 Å². The molecule has 96 valence electrons. The standard InChI is InChI=1S/C12H21N3O2/c1-12(13,8-16-2)11-14-10(17-15-11)7-9-5-3-4-6-9/h9H,3-8,13H2,1-2H3. The molecule has 0 bridgehead atoms. The van der Waals surface area contributed by atoms with Crippen LogP contribution in [0.3, 0.4) is 0 Å². The Kier molecular flexibility index (Phi) is 3.79. The summed E-state index contributed by atoms with van der Waals surface area (Å²) >= 11 is 0. The fraction of sp³-hybridized carbons (Fsp3) is 0.833. The summed E-state index contributed by atoms with van der Waals surface area (Å²) in [5, 5.41) is 3.96. The van der Waals surface area contributed by atoms with Crippen molar-refractivity contribution in [2.75, 3.05) is 13.7 Å². The third-order valence-electron chi connectivity index (χ3n) is 3.36. The highest BCUT2D eigenvalue weighted by atomic mass is 16.5. The monoisotopic (exact) mass is 239 g/mol. The minimum Gasteiger partial charge on any atom is -0.382 e. The molecular formula is C12H21N3O2. The van der Waals surface area contributed by atoms with Gasteiger partial charge in [0.15, 0.2) is 5.82 Å². The summed E-state index contributed by atoms with van der Waals surface area (Å²) in [6.07, 6.45) is 6.08. The highest BCUT2D eigenvalue weighted by Crippen LogP contribution is 2.27. The molecule has 1 aliphatic rings. The van der Waals surface area contributed by atoms with E-state index in [0.717, 1.165) is 6.42 Å². The zero-order valence-electron chi connectivity index (χ0n) is 10.6. The number of methoxy groups -OCH3 is 1.